The lowest BCUT2D eigenvalue weighted by atomic mass is 10.4. The second-order valence-corrected chi connectivity index (χ2v) is 2.53. The number of H-pyrrole nitrogens is 1. The lowest BCUT2D eigenvalue weighted by molar-refractivity contribution is 1.08. The van der Waals surface area contributed by atoms with Gasteiger partial charge in [-0.05, 0) is 11.6 Å². The summed E-state index contributed by atoms with van der Waals surface area (Å²) in [5.74, 6) is 0. The molecular formula is C5HCl2N4-. The minimum atomic E-state index is 0.0861. The molecule has 0 radical (unpaired) electrons. The van der Waals surface area contributed by atoms with E-state index < -0.39 is 0 Å². The normalized spacial score (nSPS) is 10.7. The van der Waals surface area contributed by atoms with Crippen LogP contribution < -0.4 is 0 Å². The van der Waals surface area contributed by atoms with Crippen LogP contribution in [0.2, 0.25) is 10.4 Å². The van der Waals surface area contributed by atoms with E-state index in [2.05, 4.69) is 26.4 Å². The summed E-state index contributed by atoms with van der Waals surface area (Å²) in [6.07, 6.45) is 2.66. The van der Waals surface area contributed by atoms with E-state index in [1.165, 1.54) is 0 Å². The first-order valence-electron chi connectivity index (χ1n) is 2.72. The Hall–Kier alpha value is -0.870. The Kier molecular flexibility index (Phi) is 1.44. The van der Waals surface area contributed by atoms with E-state index in [-0.39, 0.29) is 10.4 Å². The molecular weight excluding hydrogens is 187 g/mol. The number of hydrogen-bond donors (Lipinski definition) is 1. The van der Waals surface area contributed by atoms with Crippen LogP contribution in [-0.4, -0.2) is 20.2 Å². The van der Waals surface area contributed by atoms with Crippen LogP contribution >= 0.6 is 23.2 Å². The third kappa shape index (κ3) is 1.04. The Labute approximate surface area is 71.6 Å². The summed E-state index contributed by atoms with van der Waals surface area (Å²) in [6, 6.07) is 0. The SMILES string of the molecule is Clc1nc(Cl)c2[c-][nH]nc2n1. The summed E-state index contributed by atoms with van der Waals surface area (Å²) < 4.78 is 0. The third-order valence-electron chi connectivity index (χ3n) is 1.16. The van der Waals surface area contributed by atoms with Gasteiger partial charge >= 0.3 is 0 Å². The minimum absolute atomic E-state index is 0.0861. The Morgan fingerprint density at radius 1 is 1.27 bits per heavy atom. The first-order valence-corrected chi connectivity index (χ1v) is 3.48. The molecule has 0 amide bonds. The van der Waals surface area contributed by atoms with Crippen molar-refractivity contribution < 1.29 is 0 Å². The lowest BCUT2D eigenvalue weighted by Crippen LogP contribution is -1.83. The summed E-state index contributed by atoms with van der Waals surface area (Å²) >= 11 is 11.2. The predicted octanol–water partition coefficient (Wildman–Crippen LogP) is 1.46. The van der Waals surface area contributed by atoms with E-state index in [9.17, 15) is 0 Å². The first kappa shape index (κ1) is 6.82. The van der Waals surface area contributed by atoms with Gasteiger partial charge in [0.15, 0.2) is 0 Å². The summed E-state index contributed by atoms with van der Waals surface area (Å²) in [5.41, 5.74) is 0.426. The van der Waals surface area contributed by atoms with Gasteiger partial charge < -0.3 is 5.10 Å². The second-order valence-electron chi connectivity index (χ2n) is 1.83. The summed E-state index contributed by atoms with van der Waals surface area (Å²) in [4.78, 5) is 7.50. The molecule has 1 N–H and O–H groups in total. The number of nitrogens with one attached hydrogen (secondary N) is 1. The molecule has 2 aromatic heterocycles. The van der Waals surface area contributed by atoms with Crippen LogP contribution in [-0.2, 0) is 0 Å². The highest BCUT2D eigenvalue weighted by atomic mass is 35.5. The molecule has 2 heterocycles. The average Bonchev–Trinajstić information content (AvgIpc) is 2.34. The molecule has 6 heteroatoms. The molecule has 2 aromatic rings. The quantitative estimate of drug-likeness (QED) is 0.386. The van der Waals surface area contributed by atoms with Gasteiger partial charge in [-0.2, -0.15) is 0 Å². The van der Waals surface area contributed by atoms with Gasteiger partial charge in [-0.3, -0.25) is 9.97 Å². The van der Waals surface area contributed by atoms with Crippen molar-refractivity contribution in [3.8, 4) is 0 Å². The largest absolute Gasteiger partial charge is 0.351 e. The molecule has 0 saturated carbocycles. The third-order valence-corrected chi connectivity index (χ3v) is 1.60. The predicted molar refractivity (Wildman–Crippen MR) is 40.5 cm³/mol. The van der Waals surface area contributed by atoms with Crippen LogP contribution in [0.5, 0.6) is 0 Å². The number of halogens is 2. The van der Waals surface area contributed by atoms with Gasteiger partial charge in [0.05, 0.1) is 5.65 Å². The van der Waals surface area contributed by atoms with Gasteiger partial charge in [0.2, 0.25) is 5.28 Å². The fourth-order valence-corrected chi connectivity index (χ4v) is 1.14. The van der Waals surface area contributed by atoms with E-state index >= 15 is 0 Å². The monoisotopic (exact) mass is 187 g/mol. The highest BCUT2D eigenvalue weighted by molar-refractivity contribution is 6.35. The molecule has 4 nitrogen and oxygen atoms in total. The molecule has 0 saturated heterocycles. The van der Waals surface area contributed by atoms with E-state index in [1.54, 1.807) is 0 Å². The first-order chi connectivity index (χ1) is 5.27. The van der Waals surface area contributed by atoms with Crippen molar-refractivity contribution in [2.45, 2.75) is 0 Å². The summed E-state index contributed by atoms with van der Waals surface area (Å²) in [5, 5.41) is 7.12. The highest BCUT2D eigenvalue weighted by Crippen LogP contribution is 2.18. The van der Waals surface area contributed by atoms with Gasteiger partial charge in [-0.25, -0.2) is 5.10 Å². The zero-order valence-electron chi connectivity index (χ0n) is 5.10. The van der Waals surface area contributed by atoms with Gasteiger partial charge in [-0.15, -0.1) is 11.6 Å². The Morgan fingerprint density at radius 3 is 2.91 bits per heavy atom. The molecule has 2 rings (SSSR count). The standard InChI is InChI=1S/C5HCl2N4/c6-3-2-1-8-11-4(2)10-5(7)9-3/h(H,8,9,10,11)/q-1. The fraction of sp³-hybridized carbons (Fsp3) is 0. The van der Waals surface area contributed by atoms with Crippen LogP contribution in [0.1, 0.15) is 0 Å². The molecule has 0 spiro atoms. The smallest absolute Gasteiger partial charge is 0.200 e. The van der Waals surface area contributed by atoms with Gasteiger partial charge in [0, 0.05) is 5.15 Å². The van der Waals surface area contributed by atoms with Crippen LogP contribution in [0.15, 0.2) is 0 Å². The number of rotatable bonds is 0. The molecule has 0 aliphatic carbocycles. The molecule has 0 aliphatic heterocycles. The van der Waals surface area contributed by atoms with Crippen molar-refractivity contribution in [1.29, 1.82) is 0 Å². The van der Waals surface area contributed by atoms with Crippen molar-refractivity contribution in [2.75, 3.05) is 0 Å². The fourth-order valence-electron chi connectivity index (χ4n) is 0.723. The Bertz CT molecular complexity index is 396. The van der Waals surface area contributed by atoms with Gasteiger partial charge in [0.25, 0.3) is 0 Å². The number of fused-ring (bicyclic) bond motifs is 1. The number of nitrogens with zero attached hydrogens (tertiary/aromatic N) is 3. The molecule has 0 bridgehead atoms. The molecule has 11 heavy (non-hydrogen) atoms. The van der Waals surface area contributed by atoms with Crippen LogP contribution in [0.3, 0.4) is 0 Å². The van der Waals surface area contributed by atoms with E-state index in [4.69, 9.17) is 23.2 Å². The molecule has 0 unspecified atom stereocenters. The van der Waals surface area contributed by atoms with Crippen molar-refractivity contribution >= 4 is 34.2 Å². The topological polar surface area (TPSA) is 54.5 Å². The molecule has 0 atom stereocenters. The molecule has 0 aliphatic rings. The molecule has 0 aromatic carbocycles. The Morgan fingerprint density at radius 2 is 2.09 bits per heavy atom. The van der Waals surface area contributed by atoms with E-state index in [1.807, 2.05) is 0 Å². The lowest BCUT2D eigenvalue weighted by Gasteiger charge is -1.99. The van der Waals surface area contributed by atoms with Crippen LogP contribution in [0.25, 0.3) is 11.0 Å². The zero-order chi connectivity index (χ0) is 7.84. The van der Waals surface area contributed by atoms with Crippen molar-refractivity contribution in [3.63, 3.8) is 0 Å². The molecule has 56 valence electrons. The van der Waals surface area contributed by atoms with Gasteiger partial charge in [-0.1, -0.05) is 11.6 Å². The molecule has 0 fully saturated rings. The van der Waals surface area contributed by atoms with Crippen molar-refractivity contribution in [2.24, 2.45) is 0 Å². The zero-order valence-corrected chi connectivity index (χ0v) is 6.61. The van der Waals surface area contributed by atoms with Crippen LogP contribution in [0.4, 0.5) is 0 Å². The van der Waals surface area contributed by atoms with E-state index in [0.29, 0.717) is 11.0 Å². The maximum atomic E-state index is 5.68. The summed E-state index contributed by atoms with van der Waals surface area (Å²) in [7, 11) is 0. The van der Waals surface area contributed by atoms with Crippen molar-refractivity contribution in [3.05, 3.63) is 16.6 Å². The number of hydrogen-bond acceptors (Lipinski definition) is 3. The highest BCUT2D eigenvalue weighted by Gasteiger charge is 1.95. The second kappa shape index (κ2) is 2.32. The van der Waals surface area contributed by atoms with Gasteiger partial charge in [0.1, 0.15) is 0 Å². The maximum Gasteiger partial charge on any atom is 0.200 e. The number of aromatic amines is 1. The minimum Gasteiger partial charge on any atom is -0.351 e. The number of aromatic nitrogens is 4. The summed E-state index contributed by atoms with van der Waals surface area (Å²) in [6.45, 7) is 0. The average molecular weight is 188 g/mol. The van der Waals surface area contributed by atoms with Crippen LogP contribution in [0, 0.1) is 6.20 Å². The maximum absolute atomic E-state index is 5.68. The van der Waals surface area contributed by atoms with E-state index in [0.717, 1.165) is 0 Å². The Balaban J connectivity index is 2.91. The van der Waals surface area contributed by atoms with Crippen molar-refractivity contribution in [1.82, 2.24) is 20.2 Å².